The van der Waals surface area contributed by atoms with Crippen molar-refractivity contribution in [1.82, 2.24) is 5.32 Å². The summed E-state index contributed by atoms with van der Waals surface area (Å²) < 4.78 is 4.92. The lowest BCUT2D eigenvalue weighted by Crippen LogP contribution is -2.26. The number of hydrogen-bond acceptors (Lipinski definition) is 5. The first-order valence-electron chi connectivity index (χ1n) is 5.59. The second kappa shape index (κ2) is 6.48. The Hall–Kier alpha value is -2.24. The topological polar surface area (TPSA) is 93.4 Å². The molecule has 1 rings (SSSR count). The van der Waals surface area contributed by atoms with Crippen LogP contribution >= 0.6 is 0 Å². The molecular weight excluding hydrogens is 234 g/mol. The Morgan fingerprint density at radius 2 is 2.11 bits per heavy atom. The van der Waals surface area contributed by atoms with E-state index in [1.165, 1.54) is 6.07 Å². The van der Waals surface area contributed by atoms with E-state index in [-0.39, 0.29) is 19.1 Å². The predicted octanol–water partition coefficient (Wildman–Crippen LogP) is 0.603. The van der Waals surface area contributed by atoms with E-state index in [4.69, 9.17) is 10.5 Å². The highest BCUT2D eigenvalue weighted by atomic mass is 16.5. The lowest BCUT2D eigenvalue weighted by molar-refractivity contribution is -0.118. The monoisotopic (exact) mass is 251 g/mol. The van der Waals surface area contributed by atoms with Gasteiger partial charge in [0.2, 0.25) is 5.91 Å². The molecule has 0 saturated heterocycles. The Bertz CT molecular complexity index is 446. The average molecular weight is 251 g/mol. The summed E-state index contributed by atoms with van der Waals surface area (Å²) in [6.45, 7) is 2.08. The van der Waals surface area contributed by atoms with E-state index in [0.717, 1.165) is 0 Å². The van der Waals surface area contributed by atoms with Gasteiger partial charge in [0.25, 0.3) is 0 Å². The van der Waals surface area contributed by atoms with Crippen LogP contribution < -0.4 is 16.4 Å². The lowest BCUT2D eigenvalue weighted by Gasteiger charge is -2.11. The molecule has 0 spiro atoms. The third-order valence-corrected chi connectivity index (χ3v) is 2.26. The minimum absolute atomic E-state index is 0.0762. The van der Waals surface area contributed by atoms with Crippen molar-refractivity contribution in [3.63, 3.8) is 0 Å². The van der Waals surface area contributed by atoms with Gasteiger partial charge in [-0.1, -0.05) is 0 Å². The van der Waals surface area contributed by atoms with Gasteiger partial charge in [-0.25, -0.2) is 4.79 Å². The molecule has 0 aliphatic carbocycles. The third kappa shape index (κ3) is 3.65. The van der Waals surface area contributed by atoms with E-state index >= 15 is 0 Å². The second-order valence-corrected chi connectivity index (χ2v) is 3.55. The summed E-state index contributed by atoms with van der Waals surface area (Å²) in [5, 5.41) is 5.34. The van der Waals surface area contributed by atoms with Gasteiger partial charge in [0, 0.05) is 18.4 Å². The van der Waals surface area contributed by atoms with Gasteiger partial charge < -0.3 is 21.1 Å². The Morgan fingerprint density at radius 3 is 2.72 bits per heavy atom. The molecule has 0 aliphatic rings. The second-order valence-electron chi connectivity index (χ2n) is 3.55. The summed E-state index contributed by atoms with van der Waals surface area (Å²) in [4.78, 5) is 22.9. The zero-order valence-corrected chi connectivity index (χ0v) is 10.4. The molecule has 1 amide bonds. The molecule has 0 fully saturated rings. The maximum absolute atomic E-state index is 11.7. The standard InChI is InChI=1S/C12H17N3O3/c1-3-18-12(17)9-6-8(13)4-5-10(9)15-7-11(16)14-2/h4-6,15H,3,7,13H2,1-2H3,(H,14,16). The van der Waals surface area contributed by atoms with Crippen molar-refractivity contribution < 1.29 is 14.3 Å². The summed E-state index contributed by atoms with van der Waals surface area (Å²) in [7, 11) is 1.54. The van der Waals surface area contributed by atoms with Crippen LogP contribution in [0.4, 0.5) is 11.4 Å². The van der Waals surface area contributed by atoms with Gasteiger partial charge in [0.05, 0.1) is 18.7 Å². The highest BCUT2D eigenvalue weighted by molar-refractivity contribution is 5.97. The SMILES string of the molecule is CCOC(=O)c1cc(N)ccc1NCC(=O)NC. The van der Waals surface area contributed by atoms with E-state index in [1.807, 2.05) is 0 Å². The molecule has 18 heavy (non-hydrogen) atoms. The van der Waals surface area contributed by atoms with Crippen molar-refractivity contribution in [2.45, 2.75) is 6.92 Å². The number of nitrogens with two attached hydrogens (primary N) is 1. The molecule has 0 atom stereocenters. The molecule has 0 radical (unpaired) electrons. The Balaban J connectivity index is 2.89. The number of carbonyl (C=O) groups is 2. The highest BCUT2D eigenvalue weighted by Gasteiger charge is 2.13. The van der Waals surface area contributed by atoms with E-state index in [0.29, 0.717) is 16.9 Å². The largest absolute Gasteiger partial charge is 0.462 e. The number of rotatable bonds is 5. The molecule has 1 aromatic carbocycles. The minimum atomic E-state index is -0.468. The Labute approximate surface area is 105 Å². The number of likely N-dealkylation sites (N-methyl/N-ethyl adjacent to an activating group) is 1. The van der Waals surface area contributed by atoms with Crippen molar-refractivity contribution in [2.24, 2.45) is 0 Å². The Kier molecular flexibility index (Phi) is 4.98. The van der Waals surface area contributed by atoms with Crippen LogP contribution in [-0.2, 0) is 9.53 Å². The maximum Gasteiger partial charge on any atom is 0.340 e. The minimum Gasteiger partial charge on any atom is -0.462 e. The first-order chi connectivity index (χ1) is 8.58. The van der Waals surface area contributed by atoms with Gasteiger partial charge in [0.1, 0.15) is 0 Å². The van der Waals surface area contributed by atoms with Crippen molar-refractivity contribution in [1.29, 1.82) is 0 Å². The molecule has 0 aromatic heterocycles. The van der Waals surface area contributed by atoms with Gasteiger partial charge in [-0.3, -0.25) is 4.79 Å². The predicted molar refractivity (Wildman–Crippen MR) is 69.4 cm³/mol. The number of esters is 1. The number of hydrogen-bond donors (Lipinski definition) is 3. The van der Waals surface area contributed by atoms with Gasteiger partial charge in [-0.15, -0.1) is 0 Å². The van der Waals surface area contributed by atoms with Crippen LogP contribution in [0.3, 0.4) is 0 Å². The van der Waals surface area contributed by atoms with Crippen molar-refractivity contribution in [2.75, 3.05) is 31.2 Å². The van der Waals surface area contributed by atoms with Crippen LogP contribution in [0.5, 0.6) is 0 Å². The van der Waals surface area contributed by atoms with Crippen molar-refractivity contribution >= 4 is 23.3 Å². The molecule has 0 unspecified atom stereocenters. The zero-order chi connectivity index (χ0) is 13.5. The van der Waals surface area contributed by atoms with E-state index in [9.17, 15) is 9.59 Å². The van der Waals surface area contributed by atoms with Crippen molar-refractivity contribution in [3.8, 4) is 0 Å². The van der Waals surface area contributed by atoms with E-state index in [2.05, 4.69) is 10.6 Å². The van der Waals surface area contributed by atoms with Gasteiger partial charge in [-0.05, 0) is 25.1 Å². The molecule has 6 heteroatoms. The average Bonchev–Trinajstić information content (AvgIpc) is 2.37. The third-order valence-electron chi connectivity index (χ3n) is 2.26. The number of carbonyl (C=O) groups excluding carboxylic acids is 2. The fraction of sp³-hybridized carbons (Fsp3) is 0.333. The maximum atomic E-state index is 11.7. The van der Waals surface area contributed by atoms with Crippen molar-refractivity contribution in [3.05, 3.63) is 23.8 Å². The van der Waals surface area contributed by atoms with Gasteiger partial charge in [-0.2, -0.15) is 0 Å². The lowest BCUT2D eigenvalue weighted by atomic mass is 10.1. The molecule has 0 aliphatic heterocycles. The quantitative estimate of drug-likeness (QED) is 0.526. The van der Waals surface area contributed by atoms with Crippen LogP contribution in [0.25, 0.3) is 0 Å². The molecule has 1 aromatic rings. The Morgan fingerprint density at radius 1 is 1.39 bits per heavy atom. The van der Waals surface area contributed by atoms with Crippen LogP contribution in [0.2, 0.25) is 0 Å². The first kappa shape index (κ1) is 13.8. The summed E-state index contributed by atoms with van der Waals surface area (Å²) >= 11 is 0. The van der Waals surface area contributed by atoms with Gasteiger partial charge in [0.15, 0.2) is 0 Å². The normalized spacial score (nSPS) is 9.67. The number of amides is 1. The van der Waals surface area contributed by atoms with Crippen LogP contribution in [0.1, 0.15) is 17.3 Å². The fourth-order valence-corrected chi connectivity index (χ4v) is 1.36. The molecule has 0 saturated carbocycles. The van der Waals surface area contributed by atoms with E-state index < -0.39 is 5.97 Å². The number of benzene rings is 1. The highest BCUT2D eigenvalue weighted by Crippen LogP contribution is 2.19. The van der Waals surface area contributed by atoms with Crippen LogP contribution in [-0.4, -0.2) is 32.1 Å². The smallest absolute Gasteiger partial charge is 0.340 e. The summed E-state index contributed by atoms with van der Waals surface area (Å²) in [5.41, 5.74) is 6.93. The van der Waals surface area contributed by atoms with Crippen LogP contribution in [0, 0.1) is 0 Å². The molecule has 0 heterocycles. The molecule has 6 nitrogen and oxygen atoms in total. The summed E-state index contributed by atoms with van der Waals surface area (Å²) in [6, 6.07) is 4.81. The summed E-state index contributed by atoms with van der Waals surface area (Å²) in [6.07, 6.45) is 0. The number of ether oxygens (including phenoxy) is 1. The fourth-order valence-electron chi connectivity index (χ4n) is 1.36. The summed E-state index contributed by atoms with van der Waals surface area (Å²) in [5.74, 6) is -0.647. The molecular formula is C12H17N3O3. The number of anilines is 2. The number of nitrogens with one attached hydrogen (secondary N) is 2. The van der Waals surface area contributed by atoms with Crippen LogP contribution in [0.15, 0.2) is 18.2 Å². The zero-order valence-electron chi connectivity index (χ0n) is 10.4. The van der Waals surface area contributed by atoms with Gasteiger partial charge >= 0.3 is 5.97 Å². The number of nitrogen functional groups attached to an aromatic ring is 1. The van der Waals surface area contributed by atoms with E-state index in [1.54, 1.807) is 26.1 Å². The molecule has 98 valence electrons. The molecule has 4 N–H and O–H groups in total. The first-order valence-corrected chi connectivity index (χ1v) is 5.59. The molecule has 0 bridgehead atoms.